The first-order valence-corrected chi connectivity index (χ1v) is 9.86. The topological polar surface area (TPSA) is 89.3 Å². The van der Waals surface area contributed by atoms with Gasteiger partial charge in [0.1, 0.15) is 11.0 Å². The number of hydrogen-bond donors (Lipinski definition) is 1. The van der Waals surface area contributed by atoms with Gasteiger partial charge in [0.05, 0.1) is 11.4 Å². The summed E-state index contributed by atoms with van der Waals surface area (Å²) in [7, 11) is -3.62. The van der Waals surface area contributed by atoms with Gasteiger partial charge in [0.2, 0.25) is 5.91 Å². The minimum Gasteiger partial charge on any atom is -0.361 e. The first-order valence-electron chi connectivity index (χ1n) is 8.15. The molecule has 1 aliphatic rings. The van der Waals surface area contributed by atoms with Crippen molar-refractivity contribution in [3.05, 3.63) is 17.5 Å². The van der Waals surface area contributed by atoms with Crippen LogP contribution < -0.4 is 5.32 Å². The number of nitrogens with one attached hydrogen (secondary N) is 1. The van der Waals surface area contributed by atoms with E-state index in [1.807, 2.05) is 0 Å². The van der Waals surface area contributed by atoms with Gasteiger partial charge in [-0.05, 0) is 32.1 Å². The van der Waals surface area contributed by atoms with Crippen LogP contribution in [0.3, 0.4) is 0 Å². The Balaban J connectivity index is 2.00. The minimum atomic E-state index is -3.62. The molecule has 1 heterocycles. The number of rotatable bonds is 5. The molecule has 7 heteroatoms. The minimum absolute atomic E-state index is 0.0539. The van der Waals surface area contributed by atoms with Crippen molar-refractivity contribution in [2.24, 2.45) is 11.8 Å². The second-order valence-electron chi connectivity index (χ2n) is 6.76. The lowest BCUT2D eigenvalue weighted by Gasteiger charge is -2.35. The molecule has 0 saturated heterocycles. The molecule has 0 unspecified atom stereocenters. The molecule has 6 nitrogen and oxygen atoms in total. The number of carbonyl (C=O) groups excluding carboxylic acids is 1. The fraction of sp³-hybridized carbons (Fsp3) is 0.750. The first kappa shape index (κ1) is 18.0. The zero-order valence-corrected chi connectivity index (χ0v) is 15.0. The molecule has 1 aliphatic carbocycles. The Morgan fingerprint density at radius 2 is 2.13 bits per heavy atom. The number of aromatic nitrogens is 1. The van der Waals surface area contributed by atoms with Crippen molar-refractivity contribution in [3.63, 3.8) is 0 Å². The number of carbonyl (C=O) groups is 1. The van der Waals surface area contributed by atoms with E-state index in [2.05, 4.69) is 24.3 Å². The van der Waals surface area contributed by atoms with Crippen LogP contribution in [0, 0.1) is 18.8 Å². The molecule has 0 aliphatic heterocycles. The van der Waals surface area contributed by atoms with Crippen LogP contribution in [-0.2, 0) is 20.4 Å². The van der Waals surface area contributed by atoms with Crippen molar-refractivity contribution in [1.82, 2.24) is 10.5 Å². The van der Waals surface area contributed by atoms with Gasteiger partial charge in [0.25, 0.3) is 0 Å². The summed E-state index contributed by atoms with van der Waals surface area (Å²) in [5.41, 5.74) is 0.335. The highest BCUT2D eigenvalue weighted by Crippen LogP contribution is 2.29. The van der Waals surface area contributed by atoms with Gasteiger partial charge in [-0.3, -0.25) is 4.79 Å². The van der Waals surface area contributed by atoms with Crippen molar-refractivity contribution < 1.29 is 17.7 Å². The molecule has 0 spiro atoms. The molecular formula is C16H26N2O4S. The molecule has 1 fully saturated rings. The van der Waals surface area contributed by atoms with E-state index in [0.717, 1.165) is 19.3 Å². The molecule has 2 rings (SSSR count). The van der Waals surface area contributed by atoms with E-state index in [9.17, 15) is 13.2 Å². The second-order valence-corrected chi connectivity index (χ2v) is 9.08. The fourth-order valence-corrected chi connectivity index (χ4v) is 4.26. The highest BCUT2D eigenvalue weighted by Gasteiger charge is 2.33. The predicted octanol–water partition coefficient (Wildman–Crippen LogP) is 2.23. The maximum absolute atomic E-state index is 12.4. The SMILES string of the molecule is Cc1cc(CS(=O)(=O)[C@H](C)C(=O)N[C@@H]2CCC[C@H](C)[C@H]2C)no1. The molecular weight excluding hydrogens is 316 g/mol. The van der Waals surface area contributed by atoms with Crippen LogP contribution >= 0.6 is 0 Å². The summed E-state index contributed by atoms with van der Waals surface area (Å²) in [5, 5.41) is 5.53. The fourth-order valence-electron chi connectivity index (χ4n) is 3.07. The highest BCUT2D eigenvalue weighted by molar-refractivity contribution is 7.92. The van der Waals surface area contributed by atoms with Gasteiger partial charge < -0.3 is 9.84 Å². The maximum atomic E-state index is 12.4. The van der Waals surface area contributed by atoms with E-state index >= 15 is 0 Å². The van der Waals surface area contributed by atoms with Gasteiger partial charge in [-0.25, -0.2) is 8.42 Å². The van der Waals surface area contributed by atoms with Gasteiger partial charge in [-0.1, -0.05) is 31.8 Å². The third kappa shape index (κ3) is 4.34. The summed E-state index contributed by atoms with van der Waals surface area (Å²) >= 11 is 0. The van der Waals surface area contributed by atoms with Crippen molar-refractivity contribution in [2.75, 3.05) is 0 Å². The van der Waals surface area contributed by atoms with Gasteiger partial charge in [-0.15, -0.1) is 0 Å². The molecule has 1 saturated carbocycles. The highest BCUT2D eigenvalue weighted by atomic mass is 32.2. The summed E-state index contributed by atoms with van der Waals surface area (Å²) in [6.07, 6.45) is 3.13. The van der Waals surface area contributed by atoms with E-state index in [4.69, 9.17) is 4.52 Å². The lowest BCUT2D eigenvalue weighted by atomic mass is 9.78. The van der Waals surface area contributed by atoms with Crippen molar-refractivity contribution >= 4 is 15.7 Å². The third-order valence-corrected chi connectivity index (χ3v) is 6.96. The van der Waals surface area contributed by atoms with Crippen LogP contribution in [0.2, 0.25) is 0 Å². The summed E-state index contributed by atoms with van der Waals surface area (Å²) in [6, 6.07) is 1.63. The van der Waals surface area contributed by atoms with E-state index in [1.54, 1.807) is 13.0 Å². The van der Waals surface area contributed by atoms with Gasteiger partial charge in [0, 0.05) is 12.1 Å². The largest absolute Gasteiger partial charge is 0.361 e. The summed E-state index contributed by atoms with van der Waals surface area (Å²) < 4.78 is 29.7. The summed E-state index contributed by atoms with van der Waals surface area (Å²) in [6.45, 7) is 7.43. The molecule has 1 N–H and O–H groups in total. The number of aryl methyl sites for hydroxylation is 1. The van der Waals surface area contributed by atoms with Crippen molar-refractivity contribution in [3.8, 4) is 0 Å². The van der Waals surface area contributed by atoms with Crippen LogP contribution in [0.1, 0.15) is 51.5 Å². The Morgan fingerprint density at radius 3 is 2.74 bits per heavy atom. The van der Waals surface area contributed by atoms with E-state index in [1.165, 1.54) is 6.92 Å². The number of nitrogens with zero attached hydrogens (tertiary/aromatic N) is 1. The first-order chi connectivity index (χ1) is 10.7. The second kappa shape index (κ2) is 7.03. The molecule has 1 amide bonds. The quantitative estimate of drug-likeness (QED) is 0.886. The Morgan fingerprint density at radius 1 is 1.43 bits per heavy atom. The molecule has 0 bridgehead atoms. The lowest BCUT2D eigenvalue weighted by molar-refractivity contribution is -0.121. The summed E-state index contributed by atoms with van der Waals surface area (Å²) in [5.74, 6) is 0.753. The van der Waals surface area contributed by atoms with Crippen molar-refractivity contribution in [2.45, 2.75) is 64.0 Å². The Bertz CT molecular complexity index is 653. The normalized spacial score (nSPS) is 26.7. The molecule has 1 aromatic rings. The van der Waals surface area contributed by atoms with Crippen LogP contribution in [0.25, 0.3) is 0 Å². The number of sulfone groups is 1. The summed E-state index contributed by atoms with van der Waals surface area (Å²) in [4.78, 5) is 12.4. The van der Waals surface area contributed by atoms with Crippen LogP contribution in [0.15, 0.2) is 10.6 Å². The molecule has 1 aromatic heterocycles. The average molecular weight is 342 g/mol. The van der Waals surface area contributed by atoms with Crippen LogP contribution in [0.5, 0.6) is 0 Å². The van der Waals surface area contributed by atoms with Crippen molar-refractivity contribution in [1.29, 1.82) is 0 Å². The third-order valence-electron chi connectivity index (χ3n) is 4.97. The Hall–Kier alpha value is -1.37. The van der Waals surface area contributed by atoms with Crippen LogP contribution in [-0.4, -0.2) is 30.8 Å². The van der Waals surface area contributed by atoms with E-state index in [-0.39, 0.29) is 11.8 Å². The Kier molecular flexibility index (Phi) is 5.49. The molecule has 0 radical (unpaired) electrons. The van der Waals surface area contributed by atoms with Crippen LogP contribution in [0.4, 0.5) is 0 Å². The van der Waals surface area contributed by atoms with Gasteiger partial charge in [0.15, 0.2) is 9.84 Å². The Labute approximate surface area is 137 Å². The number of hydrogen-bond acceptors (Lipinski definition) is 5. The van der Waals surface area contributed by atoms with E-state index in [0.29, 0.717) is 23.3 Å². The van der Waals surface area contributed by atoms with E-state index < -0.39 is 21.0 Å². The standard InChI is InChI=1S/C16H26N2O4S/c1-10-6-5-7-15(12(10)3)17-16(19)13(4)23(20,21)9-14-8-11(2)22-18-14/h8,10,12-13,15H,5-7,9H2,1-4H3,(H,17,19)/t10-,12+,13+,15+/m0/s1. The van der Waals surface area contributed by atoms with Gasteiger partial charge >= 0.3 is 0 Å². The smallest absolute Gasteiger partial charge is 0.238 e. The maximum Gasteiger partial charge on any atom is 0.238 e. The zero-order valence-electron chi connectivity index (χ0n) is 14.2. The lowest BCUT2D eigenvalue weighted by Crippen LogP contribution is -2.48. The predicted molar refractivity (Wildman–Crippen MR) is 87.4 cm³/mol. The molecule has 0 aromatic carbocycles. The molecule has 23 heavy (non-hydrogen) atoms. The average Bonchev–Trinajstić information content (AvgIpc) is 2.87. The monoisotopic (exact) mass is 342 g/mol. The molecule has 4 atom stereocenters. The molecule has 130 valence electrons. The van der Waals surface area contributed by atoms with Gasteiger partial charge in [-0.2, -0.15) is 0 Å². The number of amides is 1. The zero-order chi connectivity index (χ0) is 17.2.